The van der Waals surface area contributed by atoms with Gasteiger partial charge in [0.15, 0.2) is 12.7 Å². The Morgan fingerprint density at radius 1 is 1.07 bits per heavy atom. The summed E-state index contributed by atoms with van der Waals surface area (Å²) in [6.07, 6.45) is 0.645. The molecule has 0 radical (unpaired) electrons. The molecule has 28 heavy (non-hydrogen) atoms. The van der Waals surface area contributed by atoms with Gasteiger partial charge in [-0.1, -0.05) is 55.2 Å². The van der Waals surface area contributed by atoms with Crippen LogP contribution in [0.5, 0.6) is 5.75 Å². The zero-order chi connectivity index (χ0) is 20.7. The van der Waals surface area contributed by atoms with Crippen molar-refractivity contribution in [3.05, 3.63) is 57.6 Å². The standard InChI is InChI=1S/C21H23Cl2NO4/c1-4-14-7-6-8-15(5-2)20(14)24-19(25)12-27-21(26)13(3)28-18-10-9-16(22)11-17(18)23/h6-11,13H,4-5,12H2,1-3H3,(H,24,25). The van der Waals surface area contributed by atoms with E-state index in [4.69, 9.17) is 32.7 Å². The van der Waals surface area contributed by atoms with Gasteiger partial charge in [-0.3, -0.25) is 4.79 Å². The largest absolute Gasteiger partial charge is 0.477 e. The van der Waals surface area contributed by atoms with Gasteiger partial charge < -0.3 is 14.8 Å². The van der Waals surface area contributed by atoms with Gasteiger partial charge in [0.25, 0.3) is 5.91 Å². The molecule has 1 amide bonds. The van der Waals surface area contributed by atoms with Crippen molar-refractivity contribution >= 4 is 40.8 Å². The highest BCUT2D eigenvalue weighted by molar-refractivity contribution is 6.35. The lowest BCUT2D eigenvalue weighted by Crippen LogP contribution is -2.30. The van der Waals surface area contributed by atoms with Crippen LogP contribution in [0.25, 0.3) is 0 Å². The Balaban J connectivity index is 1.93. The smallest absolute Gasteiger partial charge is 0.347 e. The maximum Gasteiger partial charge on any atom is 0.347 e. The minimum absolute atomic E-state index is 0.285. The summed E-state index contributed by atoms with van der Waals surface area (Å²) in [5, 5.41) is 3.59. The van der Waals surface area contributed by atoms with Crippen LogP contribution in [0.4, 0.5) is 5.69 Å². The molecule has 2 aromatic carbocycles. The fourth-order valence-corrected chi connectivity index (χ4v) is 3.10. The number of nitrogens with one attached hydrogen (secondary N) is 1. The number of esters is 1. The average Bonchev–Trinajstić information content (AvgIpc) is 2.68. The molecule has 1 atom stereocenters. The van der Waals surface area contributed by atoms with Crippen LogP contribution in [0, 0.1) is 0 Å². The Kier molecular flexibility index (Phi) is 8.15. The lowest BCUT2D eigenvalue weighted by molar-refractivity contribution is -0.153. The molecule has 5 nitrogen and oxygen atoms in total. The molecule has 0 saturated heterocycles. The van der Waals surface area contributed by atoms with Crippen LogP contribution in [0.2, 0.25) is 10.0 Å². The van der Waals surface area contributed by atoms with Gasteiger partial charge in [0.2, 0.25) is 0 Å². The van der Waals surface area contributed by atoms with Gasteiger partial charge in [-0.2, -0.15) is 0 Å². The first-order valence-electron chi connectivity index (χ1n) is 9.04. The second kappa shape index (κ2) is 10.3. The van der Waals surface area contributed by atoms with Gasteiger partial charge in [-0.05, 0) is 49.1 Å². The highest BCUT2D eigenvalue weighted by Crippen LogP contribution is 2.28. The maximum atomic E-state index is 12.3. The van der Waals surface area contributed by atoms with E-state index in [1.807, 2.05) is 32.0 Å². The zero-order valence-electron chi connectivity index (χ0n) is 16.1. The van der Waals surface area contributed by atoms with Crippen molar-refractivity contribution in [2.45, 2.75) is 39.7 Å². The monoisotopic (exact) mass is 423 g/mol. The molecule has 2 rings (SSSR count). The molecule has 0 heterocycles. The van der Waals surface area contributed by atoms with Crippen molar-refractivity contribution in [3.8, 4) is 5.75 Å². The molecule has 0 saturated carbocycles. The van der Waals surface area contributed by atoms with E-state index in [2.05, 4.69) is 5.32 Å². The number of ether oxygens (including phenoxy) is 2. The summed E-state index contributed by atoms with van der Waals surface area (Å²) in [7, 11) is 0. The van der Waals surface area contributed by atoms with Crippen molar-refractivity contribution in [1.82, 2.24) is 0 Å². The molecule has 0 aliphatic heterocycles. The minimum Gasteiger partial charge on any atom is -0.477 e. The van der Waals surface area contributed by atoms with Crippen LogP contribution < -0.4 is 10.1 Å². The normalized spacial score (nSPS) is 11.6. The number of benzene rings is 2. The van der Waals surface area contributed by atoms with Gasteiger partial charge in [0.1, 0.15) is 5.75 Å². The number of para-hydroxylation sites is 1. The summed E-state index contributed by atoms with van der Waals surface area (Å²) < 4.78 is 10.6. The molecular formula is C21H23Cl2NO4. The molecule has 0 aromatic heterocycles. The fourth-order valence-electron chi connectivity index (χ4n) is 2.64. The Morgan fingerprint density at radius 2 is 1.71 bits per heavy atom. The van der Waals surface area contributed by atoms with E-state index in [0.29, 0.717) is 10.8 Å². The predicted octanol–water partition coefficient (Wildman–Crippen LogP) is 5.07. The Bertz CT molecular complexity index is 832. The lowest BCUT2D eigenvalue weighted by atomic mass is 10.0. The molecule has 0 spiro atoms. The van der Waals surface area contributed by atoms with E-state index in [-0.39, 0.29) is 5.02 Å². The van der Waals surface area contributed by atoms with Crippen LogP contribution in [-0.4, -0.2) is 24.6 Å². The third kappa shape index (κ3) is 5.88. The lowest BCUT2D eigenvalue weighted by Gasteiger charge is -2.16. The van der Waals surface area contributed by atoms with E-state index >= 15 is 0 Å². The molecule has 150 valence electrons. The number of hydrogen-bond acceptors (Lipinski definition) is 4. The molecule has 1 unspecified atom stereocenters. The predicted molar refractivity (Wildman–Crippen MR) is 111 cm³/mol. The third-order valence-corrected chi connectivity index (χ3v) is 4.67. The van der Waals surface area contributed by atoms with Crippen molar-refractivity contribution in [3.63, 3.8) is 0 Å². The molecule has 0 fully saturated rings. The summed E-state index contributed by atoms with van der Waals surface area (Å²) in [5.41, 5.74) is 2.85. The number of hydrogen-bond donors (Lipinski definition) is 1. The van der Waals surface area contributed by atoms with Crippen molar-refractivity contribution in [2.75, 3.05) is 11.9 Å². The van der Waals surface area contributed by atoms with E-state index in [0.717, 1.165) is 29.7 Å². The topological polar surface area (TPSA) is 64.6 Å². The number of anilines is 1. The number of rotatable bonds is 8. The van der Waals surface area contributed by atoms with Gasteiger partial charge in [-0.15, -0.1) is 0 Å². The number of carbonyl (C=O) groups excluding carboxylic acids is 2. The first kappa shape index (κ1) is 22.1. The van der Waals surface area contributed by atoms with Crippen molar-refractivity contribution in [1.29, 1.82) is 0 Å². The molecule has 7 heteroatoms. The van der Waals surface area contributed by atoms with Crippen LogP contribution in [0.15, 0.2) is 36.4 Å². The second-order valence-corrected chi connectivity index (χ2v) is 6.99. The Hall–Kier alpha value is -2.24. The molecule has 1 N–H and O–H groups in total. The zero-order valence-corrected chi connectivity index (χ0v) is 17.6. The van der Waals surface area contributed by atoms with E-state index in [9.17, 15) is 9.59 Å². The molecular weight excluding hydrogens is 401 g/mol. The highest BCUT2D eigenvalue weighted by Gasteiger charge is 2.19. The van der Waals surface area contributed by atoms with Crippen LogP contribution in [0.1, 0.15) is 31.9 Å². The third-order valence-electron chi connectivity index (χ3n) is 4.14. The fraction of sp³-hybridized carbons (Fsp3) is 0.333. The number of carbonyl (C=O) groups is 2. The highest BCUT2D eigenvalue weighted by atomic mass is 35.5. The SMILES string of the molecule is CCc1cccc(CC)c1NC(=O)COC(=O)C(C)Oc1ccc(Cl)cc1Cl. The van der Waals surface area contributed by atoms with Gasteiger partial charge in [0, 0.05) is 10.7 Å². The number of halogens is 2. The quantitative estimate of drug-likeness (QED) is 0.602. The number of amides is 1. The summed E-state index contributed by atoms with van der Waals surface area (Å²) in [6, 6.07) is 10.6. The van der Waals surface area contributed by atoms with E-state index < -0.39 is 24.6 Å². The summed E-state index contributed by atoms with van der Waals surface area (Å²) in [6.45, 7) is 5.16. The summed E-state index contributed by atoms with van der Waals surface area (Å²) in [5.74, 6) is -0.759. The summed E-state index contributed by atoms with van der Waals surface area (Å²) in [4.78, 5) is 24.4. The number of aryl methyl sites for hydroxylation is 2. The van der Waals surface area contributed by atoms with Gasteiger partial charge in [0.05, 0.1) is 5.02 Å². The van der Waals surface area contributed by atoms with Gasteiger partial charge >= 0.3 is 5.97 Å². The Morgan fingerprint density at radius 3 is 2.29 bits per heavy atom. The van der Waals surface area contributed by atoms with Gasteiger partial charge in [-0.25, -0.2) is 4.79 Å². The van der Waals surface area contributed by atoms with Crippen LogP contribution >= 0.6 is 23.2 Å². The minimum atomic E-state index is -0.930. The average molecular weight is 424 g/mol. The second-order valence-electron chi connectivity index (χ2n) is 6.15. The first-order chi connectivity index (χ1) is 13.3. The van der Waals surface area contributed by atoms with E-state index in [1.54, 1.807) is 12.1 Å². The molecule has 0 aliphatic carbocycles. The Labute approximate surface area is 174 Å². The van der Waals surface area contributed by atoms with Crippen LogP contribution in [-0.2, 0) is 27.2 Å². The maximum absolute atomic E-state index is 12.3. The summed E-state index contributed by atoms with van der Waals surface area (Å²) >= 11 is 11.9. The molecule has 0 bridgehead atoms. The molecule has 2 aromatic rings. The molecule has 0 aliphatic rings. The first-order valence-corrected chi connectivity index (χ1v) is 9.80. The van der Waals surface area contributed by atoms with Crippen LogP contribution in [0.3, 0.4) is 0 Å². The van der Waals surface area contributed by atoms with Crippen molar-refractivity contribution in [2.24, 2.45) is 0 Å². The van der Waals surface area contributed by atoms with E-state index in [1.165, 1.54) is 13.0 Å². The van der Waals surface area contributed by atoms with Crippen molar-refractivity contribution < 1.29 is 19.1 Å².